The summed E-state index contributed by atoms with van der Waals surface area (Å²) in [5.41, 5.74) is 0. The molecule has 6 N–H and O–H groups in total. The van der Waals surface area contributed by atoms with E-state index in [-0.39, 0.29) is 77.4 Å². The van der Waals surface area contributed by atoms with Gasteiger partial charge in [-0.25, -0.2) is 10.5 Å². The van der Waals surface area contributed by atoms with Crippen molar-refractivity contribution >= 4 is 44.3 Å². The molecule has 300 valence electrons. The highest BCUT2D eigenvalue weighted by Crippen LogP contribution is 2.48. The summed E-state index contributed by atoms with van der Waals surface area (Å²) in [4.78, 5) is 0. The molecule has 5 saturated carbocycles. The Bertz CT molecular complexity index is 1420. The van der Waals surface area contributed by atoms with Gasteiger partial charge in [0.1, 0.15) is 6.04 Å². The highest BCUT2D eigenvalue weighted by atomic mass is 32.2. The Morgan fingerprint density at radius 1 is 0.750 bits per heavy atom. The zero-order valence-electron chi connectivity index (χ0n) is 28.8. The number of rotatable bonds is 16. The van der Waals surface area contributed by atoms with Crippen molar-refractivity contribution in [1.82, 2.24) is 5.32 Å². The molecule has 0 aromatic heterocycles. The number of fused-ring (bicyclic) bond motifs is 2. The molecule has 5 aliphatic carbocycles. The van der Waals surface area contributed by atoms with Crippen LogP contribution >= 0.6 is 24.1 Å². The van der Waals surface area contributed by atoms with E-state index in [4.69, 9.17) is 24.1 Å². The second-order valence-corrected chi connectivity index (χ2v) is 19.9. The van der Waals surface area contributed by atoms with Crippen molar-refractivity contribution in [2.45, 2.75) is 135 Å². The monoisotopic (exact) mass is 821 g/mol. The first-order valence-corrected chi connectivity index (χ1v) is 22.4. The summed E-state index contributed by atoms with van der Waals surface area (Å²) in [5.74, 6) is -0.594. The Labute approximate surface area is 312 Å². The summed E-state index contributed by atoms with van der Waals surface area (Å²) in [6, 6.07) is -1.32. The van der Waals surface area contributed by atoms with Gasteiger partial charge in [0, 0.05) is 49.0 Å². The van der Waals surface area contributed by atoms with Gasteiger partial charge in [-0.1, -0.05) is 10.1 Å². The van der Waals surface area contributed by atoms with Crippen molar-refractivity contribution in [2.75, 3.05) is 19.4 Å². The van der Waals surface area contributed by atoms with Gasteiger partial charge in [-0.05, 0) is 101 Å². The SMILES string of the molecule is COC1CC(N=NC2CCC3CC(SOOO)CC(S(=O)(=O)O)C3C2)CCC1N=NC1C(SOOO)CC2CCC(NCCS(=O)(=O)O)CC2C1O. The van der Waals surface area contributed by atoms with Crippen LogP contribution < -0.4 is 5.32 Å². The molecule has 19 nitrogen and oxygen atoms in total. The van der Waals surface area contributed by atoms with E-state index < -0.39 is 43.4 Å². The molecule has 23 heteroatoms. The van der Waals surface area contributed by atoms with Crippen molar-refractivity contribution in [3.05, 3.63) is 0 Å². The minimum Gasteiger partial charge on any atom is -0.390 e. The van der Waals surface area contributed by atoms with E-state index in [0.29, 0.717) is 44.9 Å². The summed E-state index contributed by atoms with van der Waals surface area (Å²) in [7, 11) is -6.81. The van der Waals surface area contributed by atoms with E-state index >= 15 is 0 Å². The number of aliphatic hydroxyl groups excluding tert-OH is 1. The molecule has 0 aromatic rings. The van der Waals surface area contributed by atoms with Crippen LogP contribution in [0.25, 0.3) is 0 Å². The molecule has 5 rings (SSSR count). The lowest BCUT2D eigenvalue weighted by atomic mass is 9.66. The Hall–Kier alpha value is -0.640. The lowest BCUT2D eigenvalue weighted by Gasteiger charge is -2.46. The highest BCUT2D eigenvalue weighted by molar-refractivity contribution is 7.95. The largest absolute Gasteiger partial charge is 0.390 e. The van der Waals surface area contributed by atoms with Gasteiger partial charge in [-0.3, -0.25) is 9.11 Å². The molecule has 5 fully saturated rings. The van der Waals surface area contributed by atoms with Crippen LogP contribution in [0.2, 0.25) is 0 Å². The number of nitrogens with zero attached hydrogens (tertiary/aromatic N) is 4. The predicted octanol–water partition coefficient (Wildman–Crippen LogP) is 3.93. The Morgan fingerprint density at radius 2 is 1.42 bits per heavy atom. The normalized spacial score (nSPS) is 40.5. The second kappa shape index (κ2) is 19.5. The fourth-order valence-corrected chi connectivity index (χ4v) is 12.5. The van der Waals surface area contributed by atoms with E-state index in [9.17, 15) is 26.5 Å². The van der Waals surface area contributed by atoms with Gasteiger partial charge >= 0.3 is 0 Å². The van der Waals surface area contributed by atoms with E-state index in [2.05, 4.69) is 40.2 Å². The summed E-state index contributed by atoms with van der Waals surface area (Å²) < 4.78 is 81.2. The number of methoxy groups -OCH3 is 1. The Balaban J connectivity index is 1.17. The third-order valence-electron chi connectivity index (χ3n) is 11.7. The van der Waals surface area contributed by atoms with Crippen LogP contribution in [0.4, 0.5) is 0 Å². The van der Waals surface area contributed by atoms with Crippen molar-refractivity contribution in [2.24, 2.45) is 44.1 Å². The Kier molecular flexibility index (Phi) is 15.9. The van der Waals surface area contributed by atoms with Crippen LogP contribution in [0, 0.1) is 23.7 Å². The summed E-state index contributed by atoms with van der Waals surface area (Å²) in [5, 5.41) is 56.7. The summed E-state index contributed by atoms with van der Waals surface area (Å²) in [6.45, 7) is 0.107. The van der Waals surface area contributed by atoms with E-state index in [1.165, 1.54) is 0 Å². The second-order valence-electron chi connectivity index (χ2n) is 14.7. The molecule has 0 heterocycles. The molecule has 5 aliphatic rings. The van der Waals surface area contributed by atoms with Crippen molar-refractivity contribution in [3.8, 4) is 0 Å². The van der Waals surface area contributed by atoms with Gasteiger partial charge in [0.15, 0.2) is 0 Å². The lowest BCUT2D eigenvalue weighted by molar-refractivity contribution is -0.432. The number of nitrogens with one attached hydrogen (secondary N) is 1. The van der Waals surface area contributed by atoms with Crippen LogP contribution in [0.15, 0.2) is 20.5 Å². The molecule has 52 heavy (non-hydrogen) atoms. The average Bonchev–Trinajstić information content (AvgIpc) is 3.11. The van der Waals surface area contributed by atoms with Crippen molar-refractivity contribution < 1.29 is 65.0 Å². The van der Waals surface area contributed by atoms with Gasteiger partial charge in [0.2, 0.25) is 0 Å². The molecule has 0 amide bonds. The molecule has 0 spiro atoms. The average molecular weight is 822 g/mol. The van der Waals surface area contributed by atoms with Gasteiger partial charge in [0.25, 0.3) is 20.2 Å². The maximum atomic E-state index is 12.3. The summed E-state index contributed by atoms with van der Waals surface area (Å²) >= 11 is 1.74. The summed E-state index contributed by atoms with van der Waals surface area (Å²) in [6.07, 6.45) is 6.19. The van der Waals surface area contributed by atoms with Gasteiger partial charge in [0.05, 0.1) is 46.6 Å². The minimum absolute atomic E-state index is 0.0277. The van der Waals surface area contributed by atoms with Crippen LogP contribution in [-0.2, 0) is 43.7 Å². The van der Waals surface area contributed by atoms with Crippen molar-refractivity contribution in [1.29, 1.82) is 0 Å². The van der Waals surface area contributed by atoms with Crippen LogP contribution in [0.3, 0.4) is 0 Å². The standard InChI is InChI=1S/C29H51N5O14S4/c1-44-25-14-20(32-31-19-5-3-16-10-21(49-47-45-36)15-27(22(16)13-19)52(41,42)43)6-7-24(25)33-34-28-26(50-48-46-37)11-17-2-4-18(12-23(17)29(28)35)30-8-9-51(38,39)40/h16-30,35-37H,2-15H2,1H3,(H,38,39,40)(H,41,42,43). The topological polar surface area (TPSA) is 277 Å². The molecule has 0 aromatic carbocycles. The zero-order chi connectivity index (χ0) is 37.5. The fraction of sp³-hybridized carbons (Fsp3) is 1.00. The molecule has 0 bridgehead atoms. The number of aliphatic hydroxyl groups is 1. The van der Waals surface area contributed by atoms with Crippen LogP contribution in [0.1, 0.15) is 77.0 Å². The van der Waals surface area contributed by atoms with E-state index in [1.54, 1.807) is 7.11 Å². The zero-order valence-corrected chi connectivity index (χ0v) is 32.1. The van der Waals surface area contributed by atoms with E-state index in [0.717, 1.165) is 49.8 Å². The first-order chi connectivity index (χ1) is 24.8. The molecular weight excluding hydrogens is 771 g/mol. The highest BCUT2D eigenvalue weighted by Gasteiger charge is 2.49. The van der Waals surface area contributed by atoms with E-state index in [1.807, 2.05) is 0 Å². The number of azo groups is 2. The third kappa shape index (κ3) is 11.7. The molecule has 0 radical (unpaired) electrons. The van der Waals surface area contributed by atoms with Crippen LogP contribution in [-0.4, -0.2) is 119 Å². The van der Waals surface area contributed by atoms with Gasteiger partial charge in [-0.2, -0.15) is 37.3 Å². The van der Waals surface area contributed by atoms with Crippen LogP contribution in [0.5, 0.6) is 0 Å². The molecule has 14 unspecified atom stereocenters. The first-order valence-electron chi connectivity index (χ1n) is 17.7. The quantitative estimate of drug-likeness (QED) is 0.0423. The van der Waals surface area contributed by atoms with Gasteiger partial charge < -0.3 is 15.2 Å². The first kappa shape index (κ1) is 42.5. The fourth-order valence-electron chi connectivity index (χ4n) is 9.17. The molecule has 14 atom stereocenters. The molecule has 0 saturated heterocycles. The van der Waals surface area contributed by atoms with Gasteiger partial charge in [-0.15, -0.1) is 8.67 Å². The molecular formula is C29H51N5O14S4. The number of ether oxygens (including phenoxy) is 1. The third-order valence-corrected chi connectivity index (χ3v) is 15.3. The maximum absolute atomic E-state index is 12.3. The smallest absolute Gasteiger partial charge is 0.268 e. The lowest BCUT2D eigenvalue weighted by Crippen LogP contribution is -2.53. The predicted molar refractivity (Wildman–Crippen MR) is 187 cm³/mol. The number of hydrogen-bond donors (Lipinski definition) is 6. The number of hydrogen-bond acceptors (Lipinski definition) is 19. The maximum Gasteiger partial charge on any atom is 0.268 e. The Morgan fingerprint density at radius 3 is 2.12 bits per heavy atom. The van der Waals surface area contributed by atoms with Crippen molar-refractivity contribution in [3.63, 3.8) is 0 Å². The minimum atomic E-state index is -4.32. The molecule has 0 aliphatic heterocycles.